The summed E-state index contributed by atoms with van der Waals surface area (Å²) in [6.07, 6.45) is 3.42. The lowest BCUT2D eigenvalue weighted by atomic mass is 10.2. The molecule has 0 radical (unpaired) electrons. The third kappa shape index (κ3) is 3.13. The predicted molar refractivity (Wildman–Crippen MR) is 105 cm³/mol. The first-order chi connectivity index (χ1) is 14.2. The van der Waals surface area contributed by atoms with E-state index >= 15 is 0 Å². The summed E-state index contributed by atoms with van der Waals surface area (Å²) < 4.78 is 17.6. The summed E-state index contributed by atoms with van der Waals surface area (Å²) in [5, 5.41) is 22.6. The van der Waals surface area contributed by atoms with Crippen LogP contribution in [0.2, 0.25) is 0 Å². The molecule has 0 saturated heterocycles. The number of nitrogens with zero attached hydrogens (tertiary/aromatic N) is 8. The highest BCUT2D eigenvalue weighted by molar-refractivity contribution is 7.99. The van der Waals surface area contributed by atoms with Crippen LogP contribution in [0.5, 0.6) is 0 Å². The normalized spacial score (nSPS) is 11.2. The van der Waals surface area contributed by atoms with E-state index in [1.165, 1.54) is 22.3 Å². The van der Waals surface area contributed by atoms with Gasteiger partial charge in [0.25, 0.3) is 0 Å². The second-order valence-corrected chi connectivity index (χ2v) is 7.14. The molecule has 0 atom stereocenters. The predicted octanol–water partition coefficient (Wildman–Crippen LogP) is 3.27. The number of aromatic nitrogens is 8. The Labute approximate surface area is 168 Å². The molecule has 4 aromatic heterocycles. The van der Waals surface area contributed by atoms with Gasteiger partial charge in [0.1, 0.15) is 10.8 Å². The minimum absolute atomic E-state index is 0.341. The fourth-order valence-corrected chi connectivity index (χ4v) is 3.64. The molecule has 0 aliphatic carbocycles. The second-order valence-electron chi connectivity index (χ2n) is 6.15. The maximum absolute atomic E-state index is 14.2. The van der Waals surface area contributed by atoms with Gasteiger partial charge in [-0.1, -0.05) is 12.1 Å². The summed E-state index contributed by atoms with van der Waals surface area (Å²) in [5.74, 6) is 0.695. The van der Waals surface area contributed by atoms with Gasteiger partial charge in [-0.2, -0.15) is 9.61 Å². The van der Waals surface area contributed by atoms with E-state index < -0.39 is 0 Å². The lowest BCUT2D eigenvalue weighted by Crippen LogP contribution is -1.99. The molecule has 0 fully saturated rings. The highest BCUT2D eigenvalue weighted by Gasteiger charge is 2.16. The molecule has 8 nitrogen and oxygen atoms in total. The van der Waals surface area contributed by atoms with Crippen molar-refractivity contribution in [3.8, 4) is 22.8 Å². The van der Waals surface area contributed by atoms with Crippen molar-refractivity contribution in [2.75, 3.05) is 0 Å². The van der Waals surface area contributed by atoms with Crippen LogP contribution in [0.3, 0.4) is 0 Å². The van der Waals surface area contributed by atoms with Crippen molar-refractivity contribution in [3.63, 3.8) is 0 Å². The van der Waals surface area contributed by atoms with Gasteiger partial charge in [0.2, 0.25) is 0 Å². The Morgan fingerprint density at radius 2 is 1.66 bits per heavy atom. The van der Waals surface area contributed by atoms with Crippen LogP contribution in [0.25, 0.3) is 28.4 Å². The van der Waals surface area contributed by atoms with Crippen LogP contribution in [0.4, 0.5) is 4.39 Å². The van der Waals surface area contributed by atoms with Gasteiger partial charge in [-0.3, -0.25) is 4.98 Å². The summed E-state index contributed by atoms with van der Waals surface area (Å²) in [6.45, 7) is 0. The van der Waals surface area contributed by atoms with Crippen molar-refractivity contribution in [2.24, 2.45) is 7.05 Å². The van der Waals surface area contributed by atoms with Gasteiger partial charge in [0.15, 0.2) is 22.5 Å². The third-order valence-corrected chi connectivity index (χ3v) is 5.29. The molecule has 4 heterocycles. The average molecular weight is 404 g/mol. The van der Waals surface area contributed by atoms with Crippen LogP contribution >= 0.6 is 11.8 Å². The van der Waals surface area contributed by atoms with Gasteiger partial charge in [-0.25, -0.2) is 4.39 Å². The largest absolute Gasteiger partial charge is 0.305 e. The van der Waals surface area contributed by atoms with Crippen molar-refractivity contribution in [1.82, 2.24) is 39.6 Å². The Morgan fingerprint density at radius 3 is 2.48 bits per heavy atom. The van der Waals surface area contributed by atoms with Crippen LogP contribution in [0.1, 0.15) is 0 Å². The number of pyridine rings is 1. The molecule has 0 saturated carbocycles. The first-order valence-electron chi connectivity index (χ1n) is 8.66. The number of fused-ring (bicyclic) bond motifs is 1. The number of benzene rings is 1. The molecule has 0 unspecified atom stereocenters. The number of hydrogen-bond acceptors (Lipinski definition) is 7. The van der Waals surface area contributed by atoms with Crippen molar-refractivity contribution in [1.29, 1.82) is 0 Å². The topological polar surface area (TPSA) is 86.7 Å². The molecular formula is C19H13FN8S. The van der Waals surface area contributed by atoms with Gasteiger partial charge in [0.05, 0.1) is 5.56 Å². The third-order valence-electron chi connectivity index (χ3n) is 4.32. The highest BCUT2D eigenvalue weighted by Crippen LogP contribution is 2.28. The van der Waals surface area contributed by atoms with Crippen molar-refractivity contribution < 1.29 is 4.39 Å². The van der Waals surface area contributed by atoms with Crippen molar-refractivity contribution in [3.05, 3.63) is 66.7 Å². The Balaban J connectivity index is 1.52. The van der Waals surface area contributed by atoms with Gasteiger partial charge < -0.3 is 4.57 Å². The summed E-state index contributed by atoms with van der Waals surface area (Å²) in [6, 6.07) is 13.8. The van der Waals surface area contributed by atoms with E-state index in [0.717, 1.165) is 11.4 Å². The Bertz CT molecular complexity index is 1310. The first-order valence-corrected chi connectivity index (χ1v) is 9.47. The Hall–Kier alpha value is -3.66. The van der Waals surface area contributed by atoms with Crippen molar-refractivity contribution >= 4 is 17.4 Å². The van der Waals surface area contributed by atoms with E-state index in [2.05, 4.69) is 30.5 Å². The summed E-state index contributed by atoms with van der Waals surface area (Å²) >= 11 is 1.35. The second kappa shape index (κ2) is 7.06. The van der Waals surface area contributed by atoms with Crippen LogP contribution in [0.15, 0.2) is 71.1 Å². The lowest BCUT2D eigenvalue weighted by molar-refractivity contribution is 0.629. The molecule has 0 aliphatic heterocycles. The maximum Gasteiger partial charge on any atom is 0.197 e. The van der Waals surface area contributed by atoms with Crippen LogP contribution in [0, 0.1) is 5.82 Å². The molecule has 5 rings (SSSR count). The molecule has 0 aliphatic rings. The van der Waals surface area contributed by atoms with Gasteiger partial charge >= 0.3 is 0 Å². The van der Waals surface area contributed by atoms with E-state index in [1.54, 1.807) is 36.7 Å². The van der Waals surface area contributed by atoms with E-state index in [-0.39, 0.29) is 5.82 Å². The minimum Gasteiger partial charge on any atom is -0.305 e. The molecule has 0 spiro atoms. The molecule has 10 heteroatoms. The summed E-state index contributed by atoms with van der Waals surface area (Å²) in [4.78, 5) is 4.02. The van der Waals surface area contributed by atoms with Crippen LogP contribution in [-0.2, 0) is 7.05 Å². The maximum atomic E-state index is 14.2. The zero-order valence-corrected chi connectivity index (χ0v) is 16.0. The number of halogens is 1. The SMILES string of the molecule is Cn1c(Sc2ccc3nnc(-c4ccccc4F)n3n2)nnc1-c1ccncc1. The number of hydrogen-bond donors (Lipinski definition) is 0. The standard InChI is InChI=1S/C19H13FN8S/c1-27-17(12-8-10-21-11-9-12)23-25-19(27)29-16-7-6-15-22-24-18(28(15)26-16)13-4-2-3-5-14(13)20/h2-11H,1H3. The van der Waals surface area contributed by atoms with E-state index in [1.807, 2.05) is 29.8 Å². The van der Waals surface area contributed by atoms with Crippen molar-refractivity contribution in [2.45, 2.75) is 10.2 Å². The van der Waals surface area contributed by atoms with E-state index in [9.17, 15) is 4.39 Å². The fourth-order valence-electron chi connectivity index (χ4n) is 2.89. The number of rotatable bonds is 4. The fraction of sp³-hybridized carbons (Fsp3) is 0.0526. The zero-order valence-electron chi connectivity index (χ0n) is 15.1. The van der Waals surface area contributed by atoms with Gasteiger partial charge in [-0.05, 0) is 48.2 Å². The lowest BCUT2D eigenvalue weighted by Gasteiger charge is -2.05. The van der Waals surface area contributed by atoms with Gasteiger partial charge in [0, 0.05) is 25.0 Å². The Kier molecular flexibility index (Phi) is 4.24. The monoisotopic (exact) mass is 404 g/mol. The minimum atomic E-state index is -0.378. The average Bonchev–Trinajstić information content (AvgIpc) is 3.33. The zero-order chi connectivity index (χ0) is 19.8. The van der Waals surface area contributed by atoms with E-state index in [4.69, 9.17) is 0 Å². The smallest absolute Gasteiger partial charge is 0.197 e. The molecule has 0 bridgehead atoms. The van der Waals surface area contributed by atoms with Gasteiger partial charge in [-0.15, -0.1) is 20.4 Å². The molecule has 0 amide bonds. The molecular weight excluding hydrogens is 391 g/mol. The van der Waals surface area contributed by atoms with E-state index in [0.29, 0.717) is 27.2 Å². The summed E-state index contributed by atoms with van der Waals surface area (Å²) in [5.41, 5.74) is 1.79. The van der Waals surface area contributed by atoms with Crippen LogP contribution < -0.4 is 0 Å². The van der Waals surface area contributed by atoms with Crippen LogP contribution in [-0.4, -0.2) is 39.6 Å². The first kappa shape index (κ1) is 17.4. The quantitative estimate of drug-likeness (QED) is 0.454. The summed E-state index contributed by atoms with van der Waals surface area (Å²) in [7, 11) is 1.89. The molecule has 1 aromatic carbocycles. The highest BCUT2D eigenvalue weighted by atomic mass is 32.2. The Morgan fingerprint density at radius 1 is 0.862 bits per heavy atom. The molecule has 29 heavy (non-hydrogen) atoms. The molecule has 142 valence electrons. The molecule has 0 N–H and O–H groups in total. The molecule has 5 aromatic rings.